The van der Waals surface area contributed by atoms with E-state index in [0.717, 1.165) is 30.5 Å². The fraction of sp³-hybridized carbons (Fsp3) is 0.333. The Morgan fingerprint density at radius 1 is 1.19 bits per heavy atom. The molecule has 2 aromatic rings. The first-order valence-electron chi connectivity index (χ1n) is 7.51. The summed E-state index contributed by atoms with van der Waals surface area (Å²) in [7, 11) is 0. The predicted molar refractivity (Wildman–Crippen MR) is 93.0 cm³/mol. The van der Waals surface area contributed by atoms with E-state index in [9.17, 15) is 0 Å². The fourth-order valence-corrected chi connectivity index (χ4v) is 3.53. The summed E-state index contributed by atoms with van der Waals surface area (Å²) < 4.78 is 1.15. The van der Waals surface area contributed by atoms with E-state index in [1.165, 1.54) is 16.8 Å². The van der Waals surface area contributed by atoms with E-state index < -0.39 is 0 Å². The van der Waals surface area contributed by atoms with E-state index in [-0.39, 0.29) is 0 Å². The molecule has 0 spiro atoms. The summed E-state index contributed by atoms with van der Waals surface area (Å²) >= 11 is 3.55. The minimum atomic E-state index is 0.518. The van der Waals surface area contributed by atoms with Crippen LogP contribution >= 0.6 is 15.9 Å². The molecule has 1 saturated heterocycles. The van der Waals surface area contributed by atoms with Crippen molar-refractivity contribution in [3.05, 3.63) is 64.1 Å². The molecule has 2 aromatic carbocycles. The lowest BCUT2D eigenvalue weighted by atomic mass is 10.0. The van der Waals surface area contributed by atoms with Gasteiger partial charge in [0.25, 0.3) is 0 Å². The zero-order valence-corrected chi connectivity index (χ0v) is 13.9. The quantitative estimate of drug-likeness (QED) is 0.911. The van der Waals surface area contributed by atoms with Crippen molar-refractivity contribution in [1.82, 2.24) is 5.32 Å². The summed E-state index contributed by atoms with van der Waals surface area (Å²) in [6.45, 7) is 5.38. The summed E-state index contributed by atoms with van der Waals surface area (Å²) in [5, 5.41) is 3.65. The minimum Gasteiger partial charge on any atom is -0.368 e. The van der Waals surface area contributed by atoms with Gasteiger partial charge in [0, 0.05) is 35.8 Å². The van der Waals surface area contributed by atoms with E-state index in [1.54, 1.807) is 0 Å². The number of rotatable bonds is 3. The Morgan fingerprint density at radius 3 is 2.76 bits per heavy atom. The summed E-state index contributed by atoms with van der Waals surface area (Å²) in [4.78, 5) is 2.51. The summed E-state index contributed by atoms with van der Waals surface area (Å²) in [6.07, 6.45) is 1.09. The van der Waals surface area contributed by atoms with Gasteiger partial charge in [-0.05, 0) is 42.7 Å². The number of piperazine rings is 1. The number of halogens is 1. The third kappa shape index (κ3) is 3.66. The van der Waals surface area contributed by atoms with Crippen LogP contribution in [-0.2, 0) is 6.42 Å². The molecule has 0 radical (unpaired) electrons. The Labute approximate surface area is 135 Å². The normalized spacial score (nSPS) is 18.8. The molecule has 0 bridgehead atoms. The molecule has 3 rings (SSSR count). The molecule has 2 nitrogen and oxygen atoms in total. The highest BCUT2D eigenvalue weighted by Gasteiger charge is 2.20. The molecule has 1 aliphatic rings. The first kappa shape index (κ1) is 14.6. The van der Waals surface area contributed by atoms with Crippen molar-refractivity contribution >= 4 is 21.6 Å². The molecule has 1 heterocycles. The van der Waals surface area contributed by atoms with Crippen LogP contribution in [0.3, 0.4) is 0 Å². The van der Waals surface area contributed by atoms with Gasteiger partial charge in [-0.25, -0.2) is 0 Å². The average Bonchev–Trinajstić information content (AvgIpc) is 2.48. The minimum absolute atomic E-state index is 0.518. The maximum atomic E-state index is 3.65. The molecule has 110 valence electrons. The van der Waals surface area contributed by atoms with Gasteiger partial charge in [-0.15, -0.1) is 0 Å². The summed E-state index contributed by atoms with van der Waals surface area (Å²) in [5.74, 6) is 0. The maximum Gasteiger partial charge on any atom is 0.0397 e. The lowest BCUT2D eigenvalue weighted by Gasteiger charge is -2.36. The number of hydrogen-bond acceptors (Lipinski definition) is 2. The van der Waals surface area contributed by atoms with Crippen molar-refractivity contribution in [2.75, 3.05) is 24.5 Å². The molecule has 1 unspecified atom stereocenters. The second kappa shape index (κ2) is 6.63. The van der Waals surface area contributed by atoms with Crippen LogP contribution in [0.2, 0.25) is 0 Å². The maximum absolute atomic E-state index is 3.65. The number of anilines is 1. The van der Waals surface area contributed by atoms with Gasteiger partial charge in [0.05, 0.1) is 0 Å². The van der Waals surface area contributed by atoms with Crippen molar-refractivity contribution < 1.29 is 0 Å². The summed E-state index contributed by atoms with van der Waals surface area (Å²) in [6, 6.07) is 17.8. The topological polar surface area (TPSA) is 15.3 Å². The van der Waals surface area contributed by atoms with Crippen molar-refractivity contribution in [1.29, 1.82) is 0 Å². The zero-order valence-electron chi connectivity index (χ0n) is 12.3. The first-order chi connectivity index (χ1) is 10.2. The highest BCUT2D eigenvalue weighted by atomic mass is 79.9. The van der Waals surface area contributed by atoms with Crippen LogP contribution in [0.15, 0.2) is 53.0 Å². The molecule has 1 aliphatic heterocycles. The summed E-state index contributed by atoms with van der Waals surface area (Å²) in [5.41, 5.74) is 4.10. The number of nitrogens with one attached hydrogen (secondary N) is 1. The molecule has 1 N–H and O–H groups in total. The van der Waals surface area contributed by atoms with E-state index in [0.29, 0.717) is 6.04 Å². The standard InChI is InChI=1S/C18H21BrN2/c1-14-11-16(19)7-8-18(14)21-10-9-20-17(13-21)12-15-5-3-2-4-6-15/h2-8,11,17,20H,9-10,12-13H2,1H3. The van der Waals surface area contributed by atoms with Gasteiger partial charge in [0.15, 0.2) is 0 Å². The number of nitrogens with zero attached hydrogens (tertiary/aromatic N) is 1. The monoisotopic (exact) mass is 344 g/mol. The van der Waals surface area contributed by atoms with Gasteiger partial charge >= 0.3 is 0 Å². The third-order valence-electron chi connectivity index (χ3n) is 4.08. The molecule has 0 saturated carbocycles. The Hall–Kier alpha value is -1.32. The third-order valence-corrected chi connectivity index (χ3v) is 4.57. The molecular formula is C18H21BrN2. The van der Waals surface area contributed by atoms with E-state index in [2.05, 4.69) is 81.6 Å². The van der Waals surface area contributed by atoms with Gasteiger partial charge < -0.3 is 10.2 Å². The van der Waals surface area contributed by atoms with Crippen molar-refractivity contribution in [2.24, 2.45) is 0 Å². The highest BCUT2D eigenvalue weighted by Crippen LogP contribution is 2.25. The molecular weight excluding hydrogens is 324 g/mol. The van der Waals surface area contributed by atoms with E-state index in [1.807, 2.05) is 0 Å². The average molecular weight is 345 g/mol. The Kier molecular flexibility index (Phi) is 4.61. The van der Waals surface area contributed by atoms with Crippen LogP contribution in [0.4, 0.5) is 5.69 Å². The van der Waals surface area contributed by atoms with E-state index >= 15 is 0 Å². The molecule has 0 amide bonds. The second-order valence-electron chi connectivity index (χ2n) is 5.72. The largest absolute Gasteiger partial charge is 0.368 e. The predicted octanol–water partition coefficient (Wildman–Crippen LogP) is 3.78. The van der Waals surface area contributed by atoms with Crippen LogP contribution in [0.1, 0.15) is 11.1 Å². The van der Waals surface area contributed by atoms with E-state index in [4.69, 9.17) is 0 Å². The molecule has 0 aliphatic carbocycles. The smallest absolute Gasteiger partial charge is 0.0397 e. The molecule has 21 heavy (non-hydrogen) atoms. The Balaban J connectivity index is 1.71. The number of benzene rings is 2. The SMILES string of the molecule is Cc1cc(Br)ccc1N1CCNC(Cc2ccccc2)C1. The van der Waals surface area contributed by atoms with Crippen LogP contribution in [-0.4, -0.2) is 25.7 Å². The van der Waals surface area contributed by atoms with Gasteiger partial charge in [-0.2, -0.15) is 0 Å². The van der Waals surface area contributed by atoms with Crippen LogP contribution in [0.25, 0.3) is 0 Å². The molecule has 1 fully saturated rings. The molecule has 1 atom stereocenters. The molecule has 0 aromatic heterocycles. The molecule has 3 heteroatoms. The van der Waals surface area contributed by atoms with Crippen molar-refractivity contribution in [3.63, 3.8) is 0 Å². The second-order valence-corrected chi connectivity index (χ2v) is 6.63. The fourth-order valence-electron chi connectivity index (χ4n) is 3.05. The van der Waals surface area contributed by atoms with Crippen molar-refractivity contribution in [2.45, 2.75) is 19.4 Å². The Morgan fingerprint density at radius 2 is 2.00 bits per heavy atom. The lowest BCUT2D eigenvalue weighted by molar-refractivity contribution is 0.454. The lowest BCUT2D eigenvalue weighted by Crippen LogP contribution is -2.51. The van der Waals surface area contributed by atoms with Gasteiger partial charge in [0.2, 0.25) is 0 Å². The van der Waals surface area contributed by atoms with Gasteiger partial charge in [-0.1, -0.05) is 46.3 Å². The number of aryl methyl sites for hydroxylation is 1. The van der Waals surface area contributed by atoms with Gasteiger partial charge in [0.1, 0.15) is 0 Å². The van der Waals surface area contributed by atoms with Gasteiger partial charge in [-0.3, -0.25) is 0 Å². The van der Waals surface area contributed by atoms with Crippen LogP contribution in [0.5, 0.6) is 0 Å². The highest BCUT2D eigenvalue weighted by molar-refractivity contribution is 9.10. The Bertz CT molecular complexity index is 597. The van der Waals surface area contributed by atoms with Crippen molar-refractivity contribution in [3.8, 4) is 0 Å². The van der Waals surface area contributed by atoms with Crippen LogP contribution in [0, 0.1) is 6.92 Å². The van der Waals surface area contributed by atoms with Crippen LogP contribution < -0.4 is 10.2 Å². The zero-order chi connectivity index (χ0) is 14.7. The number of hydrogen-bond donors (Lipinski definition) is 1. The first-order valence-corrected chi connectivity index (χ1v) is 8.30.